The van der Waals surface area contributed by atoms with Crippen LogP contribution in [-0.4, -0.2) is 45.1 Å². The Morgan fingerprint density at radius 3 is 2.59 bits per heavy atom. The molecule has 3 aromatic carbocycles. The summed E-state index contributed by atoms with van der Waals surface area (Å²) in [7, 11) is 1.84. The van der Waals surface area contributed by atoms with Crippen LogP contribution in [0.3, 0.4) is 0 Å². The quantitative estimate of drug-likeness (QED) is 0.212. The van der Waals surface area contributed by atoms with Crippen molar-refractivity contribution in [2.45, 2.75) is 38.3 Å². The summed E-state index contributed by atoms with van der Waals surface area (Å²) in [4.78, 5) is 53.1. The Morgan fingerprint density at radius 2 is 1.90 bits per heavy atom. The first-order valence-corrected chi connectivity index (χ1v) is 12.9. The lowest BCUT2D eigenvalue weighted by atomic mass is 10.0. The number of aliphatic carboxylic acids is 2. The minimum Gasteiger partial charge on any atom is -0.481 e. The van der Waals surface area contributed by atoms with Crippen molar-refractivity contribution in [3.63, 3.8) is 0 Å². The van der Waals surface area contributed by atoms with Gasteiger partial charge in [0.2, 0.25) is 0 Å². The third-order valence-electron chi connectivity index (χ3n) is 7.32. The smallest absolute Gasteiger partial charge is 0.333 e. The molecule has 0 amide bonds. The van der Waals surface area contributed by atoms with Gasteiger partial charge in [-0.1, -0.05) is 36.4 Å². The molecule has 1 heterocycles. The lowest BCUT2D eigenvalue weighted by molar-refractivity contribution is -0.139. The van der Waals surface area contributed by atoms with Crippen molar-refractivity contribution in [3.05, 3.63) is 105 Å². The fourth-order valence-corrected chi connectivity index (χ4v) is 5.38. The molecule has 1 aliphatic carbocycles. The van der Waals surface area contributed by atoms with Crippen molar-refractivity contribution >= 4 is 34.4 Å². The Balaban J connectivity index is 1.51. The van der Waals surface area contributed by atoms with E-state index >= 15 is 0 Å². The van der Waals surface area contributed by atoms with Crippen LogP contribution in [0.15, 0.2) is 70.5 Å². The Hall–Kier alpha value is -5.06. The largest absolute Gasteiger partial charge is 0.481 e. The number of rotatable bonds is 8. The lowest BCUT2D eigenvalue weighted by Crippen LogP contribution is -2.25. The molecule has 11 heteroatoms. The van der Waals surface area contributed by atoms with Crippen molar-refractivity contribution in [2.75, 3.05) is 11.9 Å². The molecule has 0 unspecified atom stereocenters. The van der Waals surface area contributed by atoms with E-state index in [0.29, 0.717) is 28.0 Å². The van der Waals surface area contributed by atoms with Crippen LogP contribution in [0.2, 0.25) is 0 Å². The predicted molar refractivity (Wildman–Crippen MR) is 150 cm³/mol. The van der Waals surface area contributed by atoms with E-state index in [4.69, 9.17) is 5.11 Å². The molecular formula is C30H27FN4O6. The maximum Gasteiger partial charge on any atom is 0.333 e. The first-order valence-electron chi connectivity index (χ1n) is 12.9. The number of carbonyl (C=O) groups is 2. The van der Waals surface area contributed by atoms with E-state index in [-0.39, 0.29) is 29.1 Å². The summed E-state index contributed by atoms with van der Waals surface area (Å²) in [6, 6.07) is 14.8. The molecule has 0 spiro atoms. The Labute approximate surface area is 233 Å². The summed E-state index contributed by atoms with van der Waals surface area (Å²) in [5.74, 6) is -2.32. The highest BCUT2D eigenvalue weighted by molar-refractivity contribution is 6.00. The molecule has 1 aromatic heterocycles. The van der Waals surface area contributed by atoms with Crippen LogP contribution in [-0.2, 0) is 27.4 Å². The molecular weight excluding hydrogens is 531 g/mol. The zero-order valence-corrected chi connectivity index (χ0v) is 22.3. The summed E-state index contributed by atoms with van der Waals surface area (Å²) in [6.45, 7) is 1.73. The molecule has 1 aliphatic rings. The van der Waals surface area contributed by atoms with Gasteiger partial charge in [0.15, 0.2) is 6.04 Å². The number of aromatic nitrogens is 2. The highest BCUT2D eigenvalue weighted by atomic mass is 19.3. The summed E-state index contributed by atoms with van der Waals surface area (Å²) < 4.78 is 14.0. The number of halogens is 1. The van der Waals surface area contributed by atoms with E-state index in [1.54, 1.807) is 31.2 Å². The molecule has 10 nitrogen and oxygen atoms in total. The van der Waals surface area contributed by atoms with Crippen molar-refractivity contribution < 1.29 is 29.3 Å². The monoisotopic (exact) mass is 558 g/mol. The van der Waals surface area contributed by atoms with Gasteiger partial charge in [-0.3, -0.25) is 14.5 Å². The van der Waals surface area contributed by atoms with Gasteiger partial charge in [-0.2, -0.15) is 0 Å². The molecule has 3 N–H and O–H groups in total. The molecule has 0 fully saturated rings. The van der Waals surface area contributed by atoms with Crippen LogP contribution < -0.4 is 10.5 Å². The van der Waals surface area contributed by atoms with Gasteiger partial charge in [0.05, 0.1) is 28.9 Å². The summed E-state index contributed by atoms with van der Waals surface area (Å²) >= 11 is 0. The van der Waals surface area contributed by atoms with E-state index in [1.165, 1.54) is 24.3 Å². The number of carboxylic acids is 2. The van der Waals surface area contributed by atoms with Crippen LogP contribution in [0, 0.1) is 6.92 Å². The highest BCUT2D eigenvalue weighted by Gasteiger charge is 2.30. The number of hydrogen-bond acceptors (Lipinski definition) is 7. The highest BCUT2D eigenvalue weighted by Crippen LogP contribution is 2.40. The molecule has 0 radical (unpaired) electrons. The normalized spacial score (nSPS) is 15.4. The zero-order valence-electron chi connectivity index (χ0n) is 22.3. The second-order valence-electron chi connectivity index (χ2n) is 9.97. The first kappa shape index (κ1) is 27.5. The number of nitrogens with zero attached hydrogens (tertiary/aromatic N) is 3. The Morgan fingerprint density at radius 1 is 1.17 bits per heavy atom. The summed E-state index contributed by atoms with van der Waals surface area (Å²) in [5, 5.41) is 19.4. The number of para-hydroxylation sites is 1. The standard InChI is InChI=1S/C30H27FN4O6/c1-16-32-23-14-19-11-12-25(21(19)15-22(23)28(38)33-16)35(2)24-6-4-3-5-20(24)29(41-31)34-27(30(39)40)18-9-7-17(8-10-18)13-26(36)37/h3-10,14-15,25,27H,11-13H2,1-2H3,(H,36,37)(H,39,40)(H,32,33,38)/t25-,27+/m1/s1. The maximum atomic E-state index is 14.0. The fraction of sp³-hybridized carbons (Fsp3) is 0.233. The van der Waals surface area contributed by atoms with Crippen LogP contribution in [0.4, 0.5) is 10.2 Å². The molecule has 5 rings (SSSR count). The first-order chi connectivity index (χ1) is 19.7. The minimum atomic E-state index is -1.50. The predicted octanol–water partition coefficient (Wildman–Crippen LogP) is 4.46. The van der Waals surface area contributed by atoms with Gasteiger partial charge in [0.1, 0.15) is 5.82 Å². The SMILES string of the molecule is Cc1nc2cc3c(cc2c(=O)[nH]1)[C@H](N(C)c1ccccc1C(=N[C@H](C(=O)O)c1ccc(CC(=O)O)cc1)OF)CC3. The number of anilines is 1. The van der Waals surface area contributed by atoms with Gasteiger partial charge in [0.25, 0.3) is 11.5 Å². The number of aromatic amines is 1. The topological polar surface area (TPSA) is 145 Å². The van der Waals surface area contributed by atoms with Gasteiger partial charge >= 0.3 is 11.9 Å². The third kappa shape index (κ3) is 5.51. The molecule has 0 bridgehead atoms. The molecule has 210 valence electrons. The summed E-state index contributed by atoms with van der Waals surface area (Å²) in [6.07, 6.45) is 1.27. The number of H-pyrrole nitrogens is 1. The number of aliphatic imine (C=N–C) groups is 1. The second-order valence-corrected chi connectivity index (χ2v) is 9.97. The molecule has 0 saturated carbocycles. The van der Waals surface area contributed by atoms with E-state index < -0.39 is 23.9 Å². The van der Waals surface area contributed by atoms with Crippen molar-refractivity contribution in [2.24, 2.45) is 4.99 Å². The fourth-order valence-electron chi connectivity index (χ4n) is 5.38. The zero-order chi connectivity index (χ0) is 29.3. The molecule has 41 heavy (non-hydrogen) atoms. The van der Waals surface area contributed by atoms with Crippen molar-refractivity contribution in [1.29, 1.82) is 0 Å². The van der Waals surface area contributed by atoms with Gasteiger partial charge in [-0.25, -0.2) is 14.8 Å². The molecule has 0 saturated heterocycles. The molecule has 4 aromatic rings. The number of fused-ring (bicyclic) bond motifs is 2. The van der Waals surface area contributed by atoms with E-state index in [2.05, 4.69) is 19.9 Å². The van der Waals surface area contributed by atoms with Crippen molar-refractivity contribution in [1.82, 2.24) is 9.97 Å². The van der Waals surface area contributed by atoms with Crippen LogP contribution in [0.1, 0.15) is 52.1 Å². The van der Waals surface area contributed by atoms with Crippen LogP contribution >= 0.6 is 0 Å². The number of carboxylic acid groups (broad SMARTS) is 2. The third-order valence-corrected chi connectivity index (χ3v) is 7.32. The lowest BCUT2D eigenvalue weighted by Gasteiger charge is -2.29. The average Bonchev–Trinajstić information content (AvgIpc) is 3.35. The summed E-state index contributed by atoms with van der Waals surface area (Å²) in [5.41, 5.74) is 3.95. The Kier molecular flexibility index (Phi) is 7.52. The molecule has 0 aliphatic heterocycles. The number of nitrogens with one attached hydrogen (secondary N) is 1. The van der Waals surface area contributed by atoms with Crippen LogP contribution in [0.25, 0.3) is 10.9 Å². The van der Waals surface area contributed by atoms with Crippen LogP contribution in [0.5, 0.6) is 0 Å². The molecule has 2 atom stereocenters. The minimum absolute atomic E-state index is 0.158. The maximum absolute atomic E-state index is 14.0. The van der Waals surface area contributed by atoms with Gasteiger partial charge in [0, 0.05) is 17.3 Å². The van der Waals surface area contributed by atoms with E-state index in [1.807, 2.05) is 24.1 Å². The van der Waals surface area contributed by atoms with Gasteiger partial charge < -0.3 is 20.1 Å². The van der Waals surface area contributed by atoms with E-state index in [0.717, 1.165) is 24.0 Å². The average molecular weight is 559 g/mol. The van der Waals surface area contributed by atoms with Gasteiger partial charge in [-0.15, -0.1) is 0 Å². The van der Waals surface area contributed by atoms with Crippen molar-refractivity contribution in [3.8, 4) is 0 Å². The second kappa shape index (κ2) is 11.2. The number of benzene rings is 3. The van der Waals surface area contributed by atoms with Gasteiger partial charge in [-0.05, 0) is 66.3 Å². The number of aryl methyl sites for hydroxylation is 2. The van der Waals surface area contributed by atoms with E-state index in [9.17, 15) is 24.0 Å². The Bertz CT molecular complexity index is 1730. The number of hydrogen-bond donors (Lipinski definition) is 3.